The van der Waals surface area contributed by atoms with Crippen LogP contribution in [0, 0.1) is 0 Å². The van der Waals surface area contributed by atoms with Gasteiger partial charge in [-0.1, -0.05) is 12.1 Å². The largest absolute Gasteiger partial charge is 0.416 e. The Morgan fingerprint density at radius 3 is 2.24 bits per heavy atom. The van der Waals surface area contributed by atoms with Gasteiger partial charge >= 0.3 is 6.18 Å². The molecule has 1 unspecified atom stereocenters. The predicted octanol–water partition coefficient (Wildman–Crippen LogP) is 2.55. The lowest BCUT2D eigenvalue weighted by Gasteiger charge is -2.08. The fourth-order valence-electron chi connectivity index (χ4n) is 1.47. The average molecular weight is 245 g/mol. The number of alkyl halides is 3. The Morgan fingerprint density at radius 2 is 1.82 bits per heavy atom. The van der Waals surface area contributed by atoms with Crippen molar-refractivity contribution in [2.45, 2.75) is 32.0 Å². The van der Waals surface area contributed by atoms with E-state index in [1.807, 2.05) is 0 Å². The number of nitrogens with two attached hydrogens (primary N) is 1. The van der Waals surface area contributed by atoms with Crippen LogP contribution in [0.2, 0.25) is 0 Å². The quantitative estimate of drug-likeness (QED) is 0.885. The number of carbonyl (C=O) groups is 1. The van der Waals surface area contributed by atoms with E-state index in [9.17, 15) is 18.0 Å². The predicted molar refractivity (Wildman–Crippen MR) is 58.4 cm³/mol. The molecule has 0 spiro atoms. The topological polar surface area (TPSA) is 43.1 Å². The molecule has 0 aliphatic carbocycles. The van der Waals surface area contributed by atoms with Crippen molar-refractivity contribution in [1.82, 2.24) is 0 Å². The Hall–Kier alpha value is -1.36. The van der Waals surface area contributed by atoms with Crippen molar-refractivity contribution in [2.24, 2.45) is 5.73 Å². The second-order valence-electron chi connectivity index (χ2n) is 4.09. The van der Waals surface area contributed by atoms with Gasteiger partial charge in [-0.05, 0) is 24.6 Å². The van der Waals surface area contributed by atoms with Gasteiger partial charge in [-0.3, -0.25) is 4.79 Å². The van der Waals surface area contributed by atoms with E-state index in [0.29, 0.717) is 5.56 Å². The van der Waals surface area contributed by atoms with Crippen molar-refractivity contribution in [1.29, 1.82) is 0 Å². The first-order valence-corrected chi connectivity index (χ1v) is 5.22. The molecule has 5 heteroatoms. The Balaban J connectivity index is 2.66. The highest BCUT2D eigenvalue weighted by Gasteiger charge is 2.29. The molecular formula is C12H14F3NO. The molecule has 0 heterocycles. The summed E-state index contributed by atoms with van der Waals surface area (Å²) >= 11 is 0. The number of benzene rings is 1. The maximum absolute atomic E-state index is 12.3. The number of hydrogen-bond donors (Lipinski definition) is 1. The molecule has 94 valence electrons. The first-order valence-electron chi connectivity index (χ1n) is 5.22. The van der Waals surface area contributed by atoms with Crippen LogP contribution in [-0.2, 0) is 17.4 Å². The van der Waals surface area contributed by atoms with Gasteiger partial charge in [0.25, 0.3) is 0 Å². The third-order valence-corrected chi connectivity index (χ3v) is 2.23. The zero-order chi connectivity index (χ0) is 13.1. The maximum atomic E-state index is 12.3. The molecule has 2 N–H and O–H groups in total. The van der Waals surface area contributed by atoms with Gasteiger partial charge in [-0.2, -0.15) is 13.2 Å². The maximum Gasteiger partial charge on any atom is 0.416 e. The minimum atomic E-state index is -4.34. The van der Waals surface area contributed by atoms with Gasteiger partial charge in [-0.15, -0.1) is 0 Å². The molecule has 1 aromatic carbocycles. The zero-order valence-corrected chi connectivity index (χ0v) is 9.42. The summed E-state index contributed by atoms with van der Waals surface area (Å²) in [5.74, 6) is -0.0697. The Bertz CT molecular complexity index is 382. The molecule has 1 aromatic rings. The van der Waals surface area contributed by atoms with Crippen molar-refractivity contribution in [3.63, 3.8) is 0 Å². The third kappa shape index (κ3) is 4.56. The number of ketones is 1. The second kappa shape index (κ2) is 5.31. The molecule has 2 nitrogen and oxygen atoms in total. The molecule has 0 bridgehead atoms. The van der Waals surface area contributed by atoms with E-state index in [0.717, 1.165) is 12.1 Å². The minimum absolute atomic E-state index is 0.0697. The van der Waals surface area contributed by atoms with Crippen molar-refractivity contribution in [2.75, 3.05) is 0 Å². The summed E-state index contributed by atoms with van der Waals surface area (Å²) in [6.07, 6.45) is -3.98. The van der Waals surface area contributed by atoms with Crippen LogP contribution >= 0.6 is 0 Å². The number of Topliss-reactive ketones (excluding diaryl/α,β-unsaturated/α-hetero) is 1. The van der Waals surface area contributed by atoms with Gasteiger partial charge in [0.1, 0.15) is 5.78 Å². The molecular weight excluding hydrogens is 231 g/mol. The molecule has 0 aliphatic heterocycles. The molecule has 0 saturated carbocycles. The normalized spacial score (nSPS) is 13.5. The molecule has 0 radical (unpaired) electrons. The van der Waals surface area contributed by atoms with Crippen molar-refractivity contribution < 1.29 is 18.0 Å². The first-order chi connectivity index (χ1) is 7.79. The summed E-state index contributed by atoms with van der Waals surface area (Å²) in [4.78, 5) is 11.4. The average Bonchev–Trinajstić information content (AvgIpc) is 2.15. The van der Waals surface area contributed by atoms with E-state index < -0.39 is 11.7 Å². The van der Waals surface area contributed by atoms with Gasteiger partial charge in [0.2, 0.25) is 0 Å². The van der Waals surface area contributed by atoms with Crippen LogP contribution in [-0.4, -0.2) is 11.8 Å². The summed E-state index contributed by atoms with van der Waals surface area (Å²) < 4.78 is 36.8. The summed E-state index contributed by atoms with van der Waals surface area (Å²) in [5.41, 5.74) is 5.32. The van der Waals surface area contributed by atoms with E-state index in [4.69, 9.17) is 5.73 Å². The summed E-state index contributed by atoms with van der Waals surface area (Å²) in [7, 11) is 0. The van der Waals surface area contributed by atoms with Gasteiger partial charge in [0.15, 0.2) is 0 Å². The van der Waals surface area contributed by atoms with E-state index in [1.165, 1.54) is 12.1 Å². The molecule has 0 amide bonds. The van der Waals surface area contributed by atoms with Crippen molar-refractivity contribution in [3.8, 4) is 0 Å². The highest BCUT2D eigenvalue weighted by molar-refractivity contribution is 5.81. The highest BCUT2D eigenvalue weighted by atomic mass is 19.4. The van der Waals surface area contributed by atoms with Crippen LogP contribution in [0.5, 0.6) is 0 Å². The lowest BCUT2D eigenvalue weighted by molar-refractivity contribution is -0.137. The van der Waals surface area contributed by atoms with Gasteiger partial charge < -0.3 is 5.73 Å². The fourth-order valence-corrected chi connectivity index (χ4v) is 1.47. The lowest BCUT2D eigenvalue weighted by atomic mass is 10.0. The van der Waals surface area contributed by atoms with Crippen LogP contribution in [0.3, 0.4) is 0 Å². The van der Waals surface area contributed by atoms with Gasteiger partial charge in [0, 0.05) is 18.9 Å². The SMILES string of the molecule is CC(N)CC(=O)Cc1ccc(C(F)(F)F)cc1. The smallest absolute Gasteiger partial charge is 0.328 e. The monoisotopic (exact) mass is 245 g/mol. The van der Waals surface area contributed by atoms with Crippen LogP contribution in [0.25, 0.3) is 0 Å². The summed E-state index contributed by atoms with van der Waals surface area (Å²) in [6, 6.07) is 4.38. The van der Waals surface area contributed by atoms with Gasteiger partial charge in [0.05, 0.1) is 5.56 Å². The third-order valence-electron chi connectivity index (χ3n) is 2.23. The number of hydrogen-bond acceptors (Lipinski definition) is 2. The number of carbonyl (C=O) groups excluding carboxylic acids is 1. The molecule has 17 heavy (non-hydrogen) atoms. The van der Waals surface area contributed by atoms with E-state index in [-0.39, 0.29) is 24.7 Å². The summed E-state index contributed by atoms with van der Waals surface area (Å²) in [5, 5.41) is 0. The summed E-state index contributed by atoms with van der Waals surface area (Å²) in [6.45, 7) is 1.71. The lowest BCUT2D eigenvalue weighted by Crippen LogP contribution is -2.20. The Kier molecular flexibility index (Phi) is 4.28. The van der Waals surface area contributed by atoms with Crippen LogP contribution in [0.1, 0.15) is 24.5 Å². The molecule has 0 aromatic heterocycles. The standard InChI is InChI=1S/C12H14F3NO/c1-8(16)6-11(17)7-9-2-4-10(5-3-9)12(13,14)15/h2-5,8H,6-7,16H2,1H3. The molecule has 1 rings (SSSR count). The first kappa shape index (κ1) is 13.7. The van der Waals surface area contributed by atoms with Crippen LogP contribution in [0.15, 0.2) is 24.3 Å². The van der Waals surface area contributed by atoms with E-state index >= 15 is 0 Å². The van der Waals surface area contributed by atoms with Crippen molar-refractivity contribution in [3.05, 3.63) is 35.4 Å². The number of halogens is 3. The Labute approximate surface area is 97.6 Å². The Morgan fingerprint density at radius 1 is 1.29 bits per heavy atom. The zero-order valence-electron chi connectivity index (χ0n) is 9.42. The van der Waals surface area contributed by atoms with E-state index in [2.05, 4.69) is 0 Å². The number of rotatable bonds is 4. The molecule has 0 saturated heterocycles. The van der Waals surface area contributed by atoms with Gasteiger partial charge in [-0.25, -0.2) is 0 Å². The van der Waals surface area contributed by atoms with E-state index in [1.54, 1.807) is 6.92 Å². The van der Waals surface area contributed by atoms with Crippen LogP contribution in [0.4, 0.5) is 13.2 Å². The second-order valence-corrected chi connectivity index (χ2v) is 4.09. The molecule has 1 atom stereocenters. The van der Waals surface area contributed by atoms with Crippen molar-refractivity contribution >= 4 is 5.78 Å². The van der Waals surface area contributed by atoms with Crippen LogP contribution < -0.4 is 5.73 Å². The minimum Gasteiger partial charge on any atom is -0.328 e. The molecule has 0 aliphatic rings. The molecule has 0 fully saturated rings. The fraction of sp³-hybridized carbons (Fsp3) is 0.417. The highest BCUT2D eigenvalue weighted by Crippen LogP contribution is 2.29.